The number of carbonyl (C=O) groups is 3. The third kappa shape index (κ3) is 53.8. The second-order valence-corrected chi connectivity index (χ2v) is 19.2. The average molecular weight is 950 g/mol. The number of esters is 3. The predicted molar refractivity (Wildman–Crippen MR) is 293 cm³/mol. The maximum absolute atomic E-state index is 12.8. The SMILES string of the molecule is CC/C=C\C/C=C\C/C=C\C/C=C\C/C=C\CCCCCCCCCCCC(=O)OCC(COC(=O)CCCCCCCC)OC(=O)CCCCCCCCCCC/C=C\CCCCCCCC. The Kier molecular flexibility index (Phi) is 53.8. The quantitative estimate of drug-likeness (QED) is 0.0262. The van der Waals surface area contributed by atoms with Gasteiger partial charge in [-0.05, 0) is 89.9 Å². The molecule has 0 aliphatic heterocycles. The summed E-state index contributed by atoms with van der Waals surface area (Å²) in [5.74, 6) is -0.887. The van der Waals surface area contributed by atoms with Crippen LogP contribution in [0.4, 0.5) is 0 Å². The van der Waals surface area contributed by atoms with Crippen LogP contribution in [0.1, 0.15) is 284 Å². The molecular formula is C62H108O6. The molecular weight excluding hydrogens is 841 g/mol. The molecule has 0 N–H and O–H groups in total. The standard InChI is InChI=1S/C62H108O6/c1-4-7-10-13-16-18-20-22-24-26-28-29-30-31-32-33-35-36-38-40-42-44-46-49-52-55-61(64)67-58-59(57-66-60(63)54-51-48-15-12-9-6-3)68-62(65)56-53-50-47-45-43-41-39-37-34-27-25-23-21-19-17-14-11-8-5-2/h7,10,16,18,22-25,28-29,31-32,59H,4-6,8-9,11-15,17,19-21,26-27,30,33-58H2,1-3H3/b10-7-,18-16-,24-22-,25-23-,29-28-,32-31-. The van der Waals surface area contributed by atoms with Gasteiger partial charge in [0.15, 0.2) is 6.10 Å². The van der Waals surface area contributed by atoms with Crippen molar-refractivity contribution in [3.63, 3.8) is 0 Å². The van der Waals surface area contributed by atoms with Gasteiger partial charge < -0.3 is 14.2 Å². The fraction of sp³-hybridized carbons (Fsp3) is 0.758. The molecule has 0 bridgehead atoms. The van der Waals surface area contributed by atoms with Crippen molar-refractivity contribution in [3.8, 4) is 0 Å². The first-order chi connectivity index (χ1) is 33.5. The summed E-state index contributed by atoms with van der Waals surface area (Å²) in [6.07, 6.45) is 72.1. The van der Waals surface area contributed by atoms with E-state index < -0.39 is 6.10 Å². The van der Waals surface area contributed by atoms with E-state index in [1.54, 1.807) is 0 Å². The van der Waals surface area contributed by atoms with Crippen LogP contribution in [0.3, 0.4) is 0 Å². The number of hydrogen-bond acceptors (Lipinski definition) is 6. The van der Waals surface area contributed by atoms with Crippen LogP contribution in [0.15, 0.2) is 72.9 Å². The van der Waals surface area contributed by atoms with Crippen LogP contribution in [-0.4, -0.2) is 37.2 Å². The highest BCUT2D eigenvalue weighted by Crippen LogP contribution is 2.15. The molecule has 0 heterocycles. The summed E-state index contributed by atoms with van der Waals surface area (Å²) in [7, 11) is 0. The van der Waals surface area contributed by atoms with Crippen LogP contribution >= 0.6 is 0 Å². The van der Waals surface area contributed by atoms with E-state index in [0.717, 1.165) is 96.3 Å². The number of ether oxygens (including phenoxy) is 3. The van der Waals surface area contributed by atoms with Crippen LogP contribution in [0.25, 0.3) is 0 Å². The zero-order chi connectivity index (χ0) is 49.3. The van der Waals surface area contributed by atoms with Gasteiger partial charge in [0.25, 0.3) is 0 Å². The Morgan fingerprint density at radius 2 is 0.574 bits per heavy atom. The van der Waals surface area contributed by atoms with Crippen molar-refractivity contribution in [1.29, 1.82) is 0 Å². The zero-order valence-electron chi connectivity index (χ0n) is 44.9. The number of allylic oxidation sites excluding steroid dienone is 12. The van der Waals surface area contributed by atoms with Crippen LogP contribution in [-0.2, 0) is 28.6 Å². The number of unbranched alkanes of at least 4 members (excludes halogenated alkanes) is 29. The summed E-state index contributed by atoms with van der Waals surface area (Å²) in [5, 5.41) is 0. The van der Waals surface area contributed by atoms with Crippen LogP contribution < -0.4 is 0 Å². The molecule has 0 amide bonds. The van der Waals surface area contributed by atoms with Crippen molar-refractivity contribution in [2.45, 2.75) is 290 Å². The lowest BCUT2D eigenvalue weighted by Gasteiger charge is -2.18. The molecule has 0 radical (unpaired) electrons. The predicted octanol–water partition coefficient (Wildman–Crippen LogP) is 19.4. The van der Waals surface area contributed by atoms with Crippen molar-refractivity contribution in [3.05, 3.63) is 72.9 Å². The lowest BCUT2D eigenvalue weighted by Crippen LogP contribution is -2.30. The Balaban J connectivity index is 4.15. The molecule has 0 aromatic carbocycles. The van der Waals surface area contributed by atoms with Gasteiger partial charge in [0.1, 0.15) is 13.2 Å². The molecule has 0 aromatic heterocycles. The Labute approximate surface area is 421 Å². The maximum Gasteiger partial charge on any atom is 0.306 e. The molecule has 392 valence electrons. The van der Waals surface area contributed by atoms with Crippen molar-refractivity contribution >= 4 is 17.9 Å². The van der Waals surface area contributed by atoms with Gasteiger partial charge in [-0.25, -0.2) is 0 Å². The second kappa shape index (κ2) is 56.4. The Bertz CT molecular complexity index is 1270. The van der Waals surface area contributed by atoms with Crippen LogP contribution in [0.2, 0.25) is 0 Å². The number of carbonyl (C=O) groups excluding carboxylic acids is 3. The molecule has 1 unspecified atom stereocenters. The number of hydrogen-bond donors (Lipinski definition) is 0. The number of rotatable bonds is 52. The van der Waals surface area contributed by atoms with Gasteiger partial charge in [0.2, 0.25) is 0 Å². The lowest BCUT2D eigenvalue weighted by atomic mass is 10.1. The third-order valence-corrected chi connectivity index (χ3v) is 12.4. The first-order valence-corrected chi connectivity index (χ1v) is 28.9. The molecule has 0 saturated carbocycles. The molecule has 1 atom stereocenters. The summed E-state index contributed by atoms with van der Waals surface area (Å²) < 4.78 is 16.8. The largest absolute Gasteiger partial charge is 0.462 e. The van der Waals surface area contributed by atoms with E-state index in [4.69, 9.17) is 14.2 Å². The van der Waals surface area contributed by atoms with Crippen molar-refractivity contribution < 1.29 is 28.6 Å². The minimum Gasteiger partial charge on any atom is -0.462 e. The van der Waals surface area contributed by atoms with Crippen molar-refractivity contribution in [1.82, 2.24) is 0 Å². The van der Waals surface area contributed by atoms with E-state index in [1.165, 1.54) is 148 Å². The van der Waals surface area contributed by atoms with Gasteiger partial charge in [-0.2, -0.15) is 0 Å². The fourth-order valence-corrected chi connectivity index (χ4v) is 8.11. The minimum atomic E-state index is -0.775. The van der Waals surface area contributed by atoms with E-state index in [9.17, 15) is 14.4 Å². The van der Waals surface area contributed by atoms with Crippen LogP contribution in [0, 0.1) is 0 Å². The second-order valence-electron chi connectivity index (χ2n) is 19.2. The topological polar surface area (TPSA) is 78.9 Å². The normalized spacial score (nSPS) is 12.6. The Morgan fingerprint density at radius 3 is 0.912 bits per heavy atom. The Morgan fingerprint density at radius 1 is 0.309 bits per heavy atom. The molecule has 68 heavy (non-hydrogen) atoms. The van der Waals surface area contributed by atoms with E-state index in [0.29, 0.717) is 19.3 Å². The molecule has 0 aromatic rings. The summed E-state index contributed by atoms with van der Waals surface area (Å²) in [6.45, 7) is 6.47. The van der Waals surface area contributed by atoms with E-state index >= 15 is 0 Å². The third-order valence-electron chi connectivity index (χ3n) is 12.4. The smallest absolute Gasteiger partial charge is 0.306 e. The van der Waals surface area contributed by atoms with Gasteiger partial charge in [-0.3, -0.25) is 14.4 Å². The molecule has 6 heteroatoms. The summed E-state index contributed by atoms with van der Waals surface area (Å²) >= 11 is 0. The summed E-state index contributed by atoms with van der Waals surface area (Å²) in [4.78, 5) is 37.9. The maximum atomic E-state index is 12.8. The van der Waals surface area contributed by atoms with Gasteiger partial charge in [0.05, 0.1) is 0 Å². The fourth-order valence-electron chi connectivity index (χ4n) is 8.11. The van der Waals surface area contributed by atoms with Crippen molar-refractivity contribution in [2.24, 2.45) is 0 Å². The average Bonchev–Trinajstić information content (AvgIpc) is 3.34. The molecule has 0 saturated heterocycles. The molecule has 0 aliphatic rings. The molecule has 0 fully saturated rings. The van der Waals surface area contributed by atoms with Crippen molar-refractivity contribution in [2.75, 3.05) is 13.2 Å². The first kappa shape index (κ1) is 64.8. The van der Waals surface area contributed by atoms with Gasteiger partial charge in [-0.1, -0.05) is 248 Å². The highest BCUT2D eigenvalue weighted by Gasteiger charge is 2.19. The zero-order valence-corrected chi connectivity index (χ0v) is 44.9. The molecule has 0 spiro atoms. The van der Waals surface area contributed by atoms with Gasteiger partial charge >= 0.3 is 17.9 Å². The molecule has 0 rings (SSSR count). The Hall–Kier alpha value is -3.15. The molecule has 6 nitrogen and oxygen atoms in total. The highest BCUT2D eigenvalue weighted by molar-refractivity contribution is 5.71. The summed E-state index contributed by atoms with van der Waals surface area (Å²) in [6, 6.07) is 0. The van der Waals surface area contributed by atoms with E-state index in [-0.39, 0.29) is 31.1 Å². The highest BCUT2D eigenvalue weighted by atomic mass is 16.6. The van der Waals surface area contributed by atoms with Gasteiger partial charge in [-0.15, -0.1) is 0 Å². The minimum absolute atomic E-state index is 0.0768. The van der Waals surface area contributed by atoms with Crippen LogP contribution in [0.5, 0.6) is 0 Å². The summed E-state index contributed by atoms with van der Waals surface area (Å²) in [5.41, 5.74) is 0. The first-order valence-electron chi connectivity index (χ1n) is 28.9. The lowest BCUT2D eigenvalue weighted by molar-refractivity contribution is -0.167. The van der Waals surface area contributed by atoms with E-state index in [1.807, 2.05) is 0 Å². The van der Waals surface area contributed by atoms with Gasteiger partial charge in [0, 0.05) is 19.3 Å². The monoisotopic (exact) mass is 949 g/mol. The van der Waals surface area contributed by atoms with E-state index in [2.05, 4.69) is 93.7 Å². The molecule has 0 aliphatic carbocycles.